The van der Waals surface area contributed by atoms with Gasteiger partial charge in [0.2, 0.25) is 5.88 Å². The molecular formula is C24H17F3N4O2. The molecule has 1 amide bonds. The molecule has 166 valence electrons. The lowest BCUT2D eigenvalue weighted by molar-refractivity contribution is 0.101. The fourth-order valence-electron chi connectivity index (χ4n) is 3.75. The minimum Gasteiger partial charge on any atom is -0.477 e. The number of hydrogen-bond donors (Lipinski definition) is 1. The van der Waals surface area contributed by atoms with Gasteiger partial charge >= 0.3 is 0 Å². The van der Waals surface area contributed by atoms with Crippen LogP contribution in [0.2, 0.25) is 0 Å². The quantitative estimate of drug-likeness (QED) is 0.472. The minimum absolute atomic E-state index is 0.0981. The Hall–Kier alpha value is -4.14. The zero-order valence-electron chi connectivity index (χ0n) is 17.2. The number of nitrogens with one attached hydrogen (secondary N) is 1. The normalized spacial score (nSPS) is 12.7. The van der Waals surface area contributed by atoms with Gasteiger partial charge in [0, 0.05) is 24.7 Å². The van der Waals surface area contributed by atoms with Crippen molar-refractivity contribution in [3.63, 3.8) is 0 Å². The Labute approximate surface area is 186 Å². The van der Waals surface area contributed by atoms with Gasteiger partial charge in [0.15, 0.2) is 0 Å². The fourth-order valence-corrected chi connectivity index (χ4v) is 3.75. The third-order valence-corrected chi connectivity index (χ3v) is 5.26. The number of carbonyl (C=O) groups excluding carboxylic acids is 1. The van der Waals surface area contributed by atoms with Crippen LogP contribution in [0.4, 0.5) is 19.0 Å². The van der Waals surface area contributed by atoms with E-state index in [1.807, 2.05) is 0 Å². The molecule has 0 aliphatic carbocycles. The second-order valence-electron chi connectivity index (χ2n) is 7.44. The Bertz CT molecular complexity index is 1330. The Kier molecular flexibility index (Phi) is 5.29. The molecule has 1 N–H and O–H groups in total. The molecule has 5 rings (SSSR count). The van der Waals surface area contributed by atoms with Crippen molar-refractivity contribution in [2.75, 3.05) is 11.9 Å². The molecule has 0 unspecified atom stereocenters. The first-order valence-corrected chi connectivity index (χ1v) is 10.2. The van der Waals surface area contributed by atoms with Gasteiger partial charge in [-0.1, -0.05) is 6.07 Å². The van der Waals surface area contributed by atoms with E-state index in [9.17, 15) is 18.0 Å². The van der Waals surface area contributed by atoms with Gasteiger partial charge < -0.3 is 10.1 Å². The summed E-state index contributed by atoms with van der Waals surface area (Å²) >= 11 is 0. The summed E-state index contributed by atoms with van der Waals surface area (Å²) in [5.41, 5.74) is 1.85. The lowest BCUT2D eigenvalue weighted by atomic mass is 10.0. The Balaban J connectivity index is 1.55. The third-order valence-electron chi connectivity index (χ3n) is 5.26. The van der Waals surface area contributed by atoms with Crippen molar-refractivity contribution in [2.24, 2.45) is 0 Å². The van der Waals surface area contributed by atoms with E-state index in [-0.39, 0.29) is 11.6 Å². The van der Waals surface area contributed by atoms with Gasteiger partial charge in [-0.2, -0.15) is 5.10 Å². The summed E-state index contributed by atoms with van der Waals surface area (Å²) in [6.45, 7) is 1.17. The number of carbonyl (C=O) groups is 1. The second kappa shape index (κ2) is 8.42. The van der Waals surface area contributed by atoms with Crippen LogP contribution in [0.1, 0.15) is 16.8 Å². The molecule has 0 bridgehead atoms. The molecule has 6 nitrogen and oxygen atoms in total. The van der Waals surface area contributed by atoms with Gasteiger partial charge in [-0.15, -0.1) is 0 Å². The molecule has 9 heteroatoms. The van der Waals surface area contributed by atoms with Crippen molar-refractivity contribution in [1.82, 2.24) is 14.8 Å². The highest BCUT2D eigenvalue weighted by molar-refractivity contribution is 6.04. The zero-order chi connectivity index (χ0) is 22.9. The number of aromatic nitrogens is 3. The van der Waals surface area contributed by atoms with E-state index in [0.29, 0.717) is 41.4 Å². The Morgan fingerprint density at radius 2 is 1.76 bits per heavy atom. The number of ether oxygens (including phenoxy) is 1. The van der Waals surface area contributed by atoms with Crippen LogP contribution in [0, 0.1) is 17.5 Å². The lowest BCUT2D eigenvalue weighted by Gasteiger charge is -2.16. The maximum atomic E-state index is 14.0. The summed E-state index contributed by atoms with van der Waals surface area (Å²) in [5, 5.41) is 7.09. The molecule has 0 radical (unpaired) electrons. The summed E-state index contributed by atoms with van der Waals surface area (Å²) < 4.78 is 49.1. The molecule has 0 spiro atoms. The number of hydrogen-bond acceptors (Lipinski definition) is 4. The van der Waals surface area contributed by atoms with Gasteiger partial charge in [-0.25, -0.2) is 22.8 Å². The van der Waals surface area contributed by atoms with Crippen LogP contribution in [0.3, 0.4) is 0 Å². The van der Waals surface area contributed by atoms with Crippen LogP contribution in [0.5, 0.6) is 5.88 Å². The predicted octanol–water partition coefficient (Wildman–Crippen LogP) is 5.06. The summed E-state index contributed by atoms with van der Waals surface area (Å²) in [6.07, 6.45) is 2.26. The minimum atomic E-state index is -0.971. The second-order valence-corrected chi connectivity index (χ2v) is 7.44. The molecular weight excluding hydrogens is 433 g/mol. The van der Waals surface area contributed by atoms with Crippen molar-refractivity contribution in [3.8, 4) is 28.3 Å². The third kappa shape index (κ3) is 3.93. The van der Waals surface area contributed by atoms with Crippen LogP contribution in [-0.4, -0.2) is 27.3 Å². The SMILES string of the molecule is O=C(Nc1cc(-c2c(-c3ccc(F)cc3)nn3c2OCCC3)ccn1)c1c(F)cccc1F. The number of rotatable bonds is 4. The smallest absolute Gasteiger partial charge is 0.262 e. The molecule has 4 aromatic rings. The van der Waals surface area contributed by atoms with Crippen molar-refractivity contribution in [2.45, 2.75) is 13.0 Å². The molecule has 3 heterocycles. The lowest BCUT2D eigenvalue weighted by Crippen LogP contribution is -2.16. The Morgan fingerprint density at radius 3 is 2.52 bits per heavy atom. The highest BCUT2D eigenvalue weighted by atomic mass is 19.1. The zero-order valence-corrected chi connectivity index (χ0v) is 17.2. The number of fused-ring (bicyclic) bond motifs is 1. The van der Waals surface area contributed by atoms with E-state index in [1.54, 1.807) is 28.9 Å². The summed E-state index contributed by atoms with van der Waals surface area (Å²) in [7, 11) is 0. The first-order chi connectivity index (χ1) is 16.0. The molecule has 0 saturated carbocycles. The van der Waals surface area contributed by atoms with E-state index in [2.05, 4.69) is 15.4 Å². The fraction of sp³-hybridized carbons (Fsp3) is 0.125. The van der Waals surface area contributed by atoms with E-state index in [4.69, 9.17) is 4.74 Å². The first-order valence-electron chi connectivity index (χ1n) is 10.2. The average molecular weight is 450 g/mol. The first kappa shape index (κ1) is 20.7. The van der Waals surface area contributed by atoms with Crippen molar-refractivity contribution in [1.29, 1.82) is 0 Å². The van der Waals surface area contributed by atoms with E-state index in [0.717, 1.165) is 18.6 Å². The van der Waals surface area contributed by atoms with E-state index < -0.39 is 23.1 Å². The van der Waals surface area contributed by atoms with Gasteiger partial charge in [-0.05, 0) is 54.1 Å². The monoisotopic (exact) mass is 450 g/mol. The van der Waals surface area contributed by atoms with Gasteiger partial charge in [-0.3, -0.25) is 4.79 Å². The topological polar surface area (TPSA) is 69.0 Å². The maximum Gasteiger partial charge on any atom is 0.262 e. The van der Waals surface area contributed by atoms with Gasteiger partial charge in [0.1, 0.15) is 34.5 Å². The molecule has 2 aromatic carbocycles. The number of halogens is 3. The molecule has 1 aliphatic heterocycles. The number of nitrogens with zero attached hydrogens (tertiary/aromatic N) is 3. The van der Waals surface area contributed by atoms with Crippen molar-refractivity contribution >= 4 is 11.7 Å². The maximum absolute atomic E-state index is 14.0. The number of aryl methyl sites for hydroxylation is 1. The highest BCUT2D eigenvalue weighted by Gasteiger charge is 2.25. The molecule has 0 saturated heterocycles. The molecule has 0 atom stereocenters. The molecule has 33 heavy (non-hydrogen) atoms. The molecule has 2 aromatic heterocycles. The number of amides is 1. The van der Waals surface area contributed by atoms with Crippen molar-refractivity contribution < 1.29 is 22.7 Å². The largest absolute Gasteiger partial charge is 0.477 e. The van der Waals surface area contributed by atoms with Gasteiger partial charge in [0.25, 0.3) is 5.91 Å². The number of anilines is 1. The molecule has 1 aliphatic rings. The molecule has 0 fully saturated rings. The summed E-state index contributed by atoms with van der Waals surface area (Å²) in [5.74, 6) is -2.62. The van der Waals surface area contributed by atoms with Crippen LogP contribution >= 0.6 is 0 Å². The van der Waals surface area contributed by atoms with E-state index >= 15 is 0 Å². The average Bonchev–Trinajstić information content (AvgIpc) is 3.19. The summed E-state index contributed by atoms with van der Waals surface area (Å²) in [6, 6.07) is 12.4. The Morgan fingerprint density at radius 1 is 1.00 bits per heavy atom. The number of pyridine rings is 1. The summed E-state index contributed by atoms with van der Waals surface area (Å²) in [4.78, 5) is 16.6. The highest BCUT2D eigenvalue weighted by Crippen LogP contribution is 2.41. The van der Waals surface area contributed by atoms with Crippen LogP contribution < -0.4 is 10.1 Å². The van der Waals surface area contributed by atoms with Crippen LogP contribution in [0.25, 0.3) is 22.4 Å². The standard InChI is InChI=1S/C24H17F3N4O2/c25-16-7-5-14(6-8-16)22-20(24-31(30-22)11-2-12-33-24)15-9-10-28-19(13-15)29-23(32)21-17(26)3-1-4-18(21)27/h1,3-10,13H,2,11-12H2,(H,28,29,32). The predicted molar refractivity (Wildman–Crippen MR) is 115 cm³/mol. The van der Waals surface area contributed by atoms with Crippen LogP contribution in [-0.2, 0) is 6.54 Å². The number of benzene rings is 2. The van der Waals surface area contributed by atoms with Gasteiger partial charge in [0.05, 0.1) is 12.2 Å². The van der Waals surface area contributed by atoms with Crippen LogP contribution in [0.15, 0.2) is 60.8 Å². The van der Waals surface area contributed by atoms with E-state index in [1.165, 1.54) is 24.4 Å². The van der Waals surface area contributed by atoms with Crippen molar-refractivity contribution in [3.05, 3.63) is 83.8 Å².